The highest BCUT2D eigenvalue weighted by Gasteiger charge is 2.44. The number of hydrogen-bond donors (Lipinski definition) is 2. The van der Waals surface area contributed by atoms with E-state index in [9.17, 15) is 19.8 Å². The molecule has 0 radical (unpaired) electrons. The quantitative estimate of drug-likeness (QED) is 0.805. The van der Waals surface area contributed by atoms with Crippen molar-refractivity contribution in [1.82, 2.24) is 9.88 Å². The Hall–Kier alpha value is -2.93. The lowest BCUT2D eigenvalue weighted by molar-refractivity contribution is -0.129. The number of pyridine rings is 1. The van der Waals surface area contributed by atoms with E-state index in [4.69, 9.17) is 4.42 Å². The Balaban J connectivity index is 2.10. The maximum absolute atomic E-state index is 12.6. The Labute approximate surface area is 131 Å². The maximum Gasteiger partial charge on any atom is 0.290 e. The summed E-state index contributed by atoms with van der Waals surface area (Å²) in [6.45, 7) is -0.310. The van der Waals surface area contributed by atoms with E-state index in [0.29, 0.717) is 5.56 Å². The second-order valence-corrected chi connectivity index (χ2v) is 4.98. The predicted molar refractivity (Wildman–Crippen MR) is 78.5 cm³/mol. The minimum absolute atomic E-state index is 0.0165. The molecule has 7 heteroatoms. The van der Waals surface area contributed by atoms with Crippen LogP contribution in [0, 0.1) is 0 Å². The molecule has 0 aromatic carbocycles. The number of Topliss-reactive ketones (excluding diaryl/α,β-unsaturated/α-hetero) is 1. The lowest BCUT2D eigenvalue weighted by Crippen LogP contribution is -2.33. The van der Waals surface area contributed by atoms with Crippen LogP contribution >= 0.6 is 0 Å². The molecule has 2 N–H and O–H groups in total. The molecule has 118 valence electrons. The summed E-state index contributed by atoms with van der Waals surface area (Å²) in [4.78, 5) is 30.1. The minimum atomic E-state index is -0.819. The largest absolute Gasteiger partial charge is 0.503 e. The molecular formula is C16H14N2O5. The zero-order valence-corrected chi connectivity index (χ0v) is 12.0. The van der Waals surface area contributed by atoms with Crippen LogP contribution in [0.1, 0.15) is 22.2 Å². The van der Waals surface area contributed by atoms with Gasteiger partial charge in [0.2, 0.25) is 5.78 Å². The number of hydrogen-bond acceptors (Lipinski definition) is 6. The predicted octanol–water partition coefficient (Wildman–Crippen LogP) is 1.25. The Morgan fingerprint density at radius 3 is 2.78 bits per heavy atom. The van der Waals surface area contributed by atoms with E-state index >= 15 is 0 Å². The molecule has 0 spiro atoms. The average Bonchev–Trinajstić information content (AvgIpc) is 3.18. The minimum Gasteiger partial charge on any atom is -0.503 e. The third-order valence-electron chi connectivity index (χ3n) is 3.63. The first-order chi connectivity index (χ1) is 11.1. The highest BCUT2D eigenvalue weighted by atomic mass is 16.3. The number of aliphatic hydroxyl groups excluding tert-OH is 2. The van der Waals surface area contributed by atoms with Crippen LogP contribution in [0.25, 0.3) is 0 Å². The summed E-state index contributed by atoms with van der Waals surface area (Å²) in [6, 6.07) is 5.56. The standard InChI is InChI=1S/C16H14N2O5/c19-7-6-18-13(10-3-1-5-17-9-10)12(15(21)16(18)22)14(20)11-4-2-8-23-11/h1-5,8-9,13,19,21H,6-7H2. The molecule has 1 aliphatic heterocycles. The fourth-order valence-electron chi connectivity index (χ4n) is 2.65. The number of β-amino-alcohol motifs (C(OH)–C–C–N with tert-alkyl or cyclic N) is 1. The summed E-state index contributed by atoms with van der Waals surface area (Å²) < 4.78 is 5.08. The van der Waals surface area contributed by atoms with E-state index in [1.807, 2.05) is 0 Å². The number of rotatable bonds is 5. The van der Waals surface area contributed by atoms with Gasteiger partial charge in [0, 0.05) is 18.9 Å². The molecule has 0 fully saturated rings. The summed E-state index contributed by atoms with van der Waals surface area (Å²) in [6.07, 6.45) is 4.41. The Bertz CT molecular complexity index is 752. The van der Waals surface area contributed by atoms with E-state index in [2.05, 4.69) is 4.98 Å². The molecule has 0 bridgehead atoms. The molecule has 1 unspecified atom stereocenters. The summed E-state index contributed by atoms with van der Waals surface area (Å²) in [5.41, 5.74) is 0.486. The molecule has 1 aliphatic rings. The van der Waals surface area contributed by atoms with Crippen molar-refractivity contribution < 1.29 is 24.2 Å². The van der Waals surface area contributed by atoms with Crippen molar-refractivity contribution in [3.05, 3.63) is 65.6 Å². The second-order valence-electron chi connectivity index (χ2n) is 4.98. The van der Waals surface area contributed by atoms with E-state index in [-0.39, 0.29) is 24.5 Å². The first kappa shape index (κ1) is 15.0. The Kier molecular flexibility index (Phi) is 3.94. The number of ketones is 1. The molecule has 3 heterocycles. The van der Waals surface area contributed by atoms with Gasteiger partial charge < -0.3 is 19.5 Å². The van der Waals surface area contributed by atoms with Crippen LogP contribution in [0.3, 0.4) is 0 Å². The first-order valence-electron chi connectivity index (χ1n) is 6.98. The van der Waals surface area contributed by atoms with Crippen LogP contribution in [0.15, 0.2) is 58.7 Å². The van der Waals surface area contributed by atoms with Crippen molar-refractivity contribution in [2.75, 3.05) is 13.2 Å². The van der Waals surface area contributed by atoms with Gasteiger partial charge in [-0.3, -0.25) is 14.6 Å². The number of aromatic nitrogens is 1. The fraction of sp³-hybridized carbons (Fsp3) is 0.188. The molecule has 2 aromatic heterocycles. The number of furan rings is 1. The van der Waals surface area contributed by atoms with Gasteiger partial charge in [0.15, 0.2) is 11.5 Å². The third kappa shape index (κ3) is 2.51. The van der Waals surface area contributed by atoms with Crippen molar-refractivity contribution >= 4 is 11.7 Å². The first-order valence-corrected chi connectivity index (χ1v) is 6.98. The topological polar surface area (TPSA) is 104 Å². The number of carbonyl (C=O) groups is 2. The van der Waals surface area contributed by atoms with Crippen LogP contribution in [0.4, 0.5) is 0 Å². The van der Waals surface area contributed by atoms with Gasteiger partial charge in [-0.2, -0.15) is 0 Å². The molecule has 0 saturated carbocycles. The number of aliphatic hydroxyl groups is 2. The van der Waals surface area contributed by atoms with Gasteiger partial charge in [0.05, 0.1) is 24.5 Å². The van der Waals surface area contributed by atoms with Gasteiger partial charge in [-0.1, -0.05) is 6.07 Å². The maximum atomic E-state index is 12.6. The van der Waals surface area contributed by atoms with Crippen molar-refractivity contribution in [3.8, 4) is 0 Å². The lowest BCUT2D eigenvalue weighted by Gasteiger charge is -2.25. The number of amides is 1. The molecule has 0 aliphatic carbocycles. The average molecular weight is 314 g/mol. The Morgan fingerprint density at radius 2 is 2.17 bits per heavy atom. The van der Waals surface area contributed by atoms with E-state index < -0.39 is 23.5 Å². The van der Waals surface area contributed by atoms with Gasteiger partial charge in [-0.05, 0) is 23.8 Å². The molecule has 1 amide bonds. The number of carbonyl (C=O) groups excluding carboxylic acids is 2. The van der Waals surface area contributed by atoms with Crippen LogP contribution in [-0.4, -0.2) is 44.9 Å². The Morgan fingerprint density at radius 1 is 1.35 bits per heavy atom. The van der Waals surface area contributed by atoms with Crippen LogP contribution in [0.5, 0.6) is 0 Å². The molecule has 2 aromatic rings. The van der Waals surface area contributed by atoms with Crippen molar-refractivity contribution in [1.29, 1.82) is 0 Å². The zero-order valence-electron chi connectivity index (χ0n) is 12.0. The van der Waals surface area contributed by atoms with Crippen LogP contribution in [-0.2, 0) is 4.79 Å². The molecule has 3 rings (SSSR count). The van der Waals surface area contributed by atoms with E-state index in [0.717, 1.165) is 0 Å². The molecular weight excluding hydrogens is 300 g/mol. The third-order valence-corrected chi connectivity index (χ3v) is 3.63. The second kappa shape index (κ2) is 6.05. The monoisotopic (exact) mass is 314 g/mol. The van der Waals surface area contributed by atoms with Gasteiger partial charge in [0.1, 0.15) is 0 Å². The highest BCUT2D eigenvalue weighted by Crippen LogP contribution is 2.38. The van der Waals surface area contributed by atoms with Crippen LogP contribution in [0.2, 0.25) is 0 Å². The summed E-state index contributed by atoms with van der Waals surface area (Å²) >= 11 is 0. The van der Waals surface area contributed by atoms with E-state index in [1.165, 1.54) is 23.4 Å². The van der Waals surface area contributed by atoms with Crippen LogP contribution < -0.4 is 0 Å². The highest BCUT2D eigenvalue weighted by molar-refractivity contribution is 6.14. The van der Waals surface area contributed by atoms with E-state index in [1.54, 1.807) is 24.4 Å². The van der Waals surface area contributed by atoms with Crippen molar-refractivity contribution in [2.45, 2.75) is 6.04 Å². The normalized spacial score (nSPS) is 17.9. The summed E-state index contributed by atoms with van der Waals surface area (Å²) in [7, 11) is 0. The molecule has 1 atom stereocenters. The van der Waals surface area contributed by atoms with Crippen molar-refractivity contribution in [3.63, 3.8) is 0 Å². The van der Waals surface area contributed by atoms with Gasteiger partial charge in [0.25, 0.3) is 5.91 Å². The van der Waals surface area contributed by atoms with Gasteiger partial charge in [-0.15, -0.1) is 0 Å². The zero-order chi connectivity index (χ0) is 16.4. The fourth-order valence-corrected chi connectivity index (χ4v) is 2.65. The molecule has 0 saturated heterocycles. The van der Waals surface area contributed by atoms with Crippen molar-refractivity contribution in [2.24, 2.45) is 0 Å². The van der Waals surface area contributed by atoms with Gasteiger partial charge in [-0.25, -0.2) is 0 Å². The molecule has 7 nitrogen and oxygen atoms in total. The summed E-state index contributed by atoms with van der Waals surface area (Å²) in [5, 5.41) is 19.4. The summed E-state index contributed by atoms with van der Waals surface area (Å²) in [5.74, 6) is -1.88. The molecule has 23 heavy (non-hydrogen) atoms. The SMILES string of the molecule is O=C(C1=C(O)C(=O)N(CCO)C1c1cccnc1)c1ccco1. The smallest absolute Gasteiger partial charge is 0.290 e. The lowest BCUT2D eigenvalue weighted by atomic mass is 9.96. The van der Waals surface area contributed by atoms with Gasteiger partial charge >= 0.3 is 0 Å². The number of nitrogens with zero attached hydrogens (tertiary/aromatic N) is 2.